The van der Waals surface area contributed by atoms with Crippen molar-refractivity contribution in [3.63, 3.8) is 0 Å². The van der Waals surface area contributed by atoms with Crippen LogP contribution < -0.4 is 5.32 Å². The molecule has 1 N–H and O–H groups in total. The highest BCUT2D eigenvalue weighted by molar-refractivity contribution is 6.00. The highest BCUT2D eigenvalue weighted by Gasteiger charge is 2.06. The maximum atomic E-state index is 10.9. The lowest BCUT2D eigenvalue weighted by atomic mass is 10.2. The molecule has 4 nitrogen and oxygen atoms in total. The van der Waals surface area contributed by atoms with Crippen LogP contribution in [0.25, 0.3) is 0 Å². The van der Waals surface area contributed by atoms with Gasteiger partial charge in [-0.3, -0.25) is 4.79 Å². The largest absolute Gasteiger partial charge is 0.465 e. The number of rotatable bonds is 3. The number of esters is 1. The monoisotopic (exact) mass is 199 g/mol. The Morgan fingerprint density at radius 2 is 1.86 bits per heavy atom. The van der Waals surface area contributed by atoms with Crippen LogP contribution in [0.4, 0.5) is 0 Å². The second kappa shape index (κ2) is 9.51. The second-order valence-corrected chi connectivity index (χ2v) is 1.91. The lowest BCUT2D eigenvalue weighted by Crippen LogP contribution is -2.16. The molecule has 0 bridgehead atoms. The molecule has 1 amide bonds. The van der Waals surface area contributed by atoms with Gasteiger partial charge in [0.2, 0.25) is 5.91 Å². The minimum Gasteiger partial charge on any atom is -0.465 e. The Hall–Kier alpha value is -1.58. The Labute approximate surface area is 84.6 Å². The van der Waals surface area contributed by atoms with E-state index in [2.05, 4.69) is 16.6 Å². The fraction of sp³-hybridized carbons (Fsp3) is 0.400. The molecule has 0 heterocycles. The van der Waals surface area contributed by atoms with Crippen LogP contribution in [0, 0.1) is 0 Å². The van der Waals surface area contributed by atoms with Gasteiger partial charge in [-0.15, -0.1) is 0 Å². The molecule has 14 heavy (non-hydrogen) atoms. The molecule has 0 saturated heterocycles. The summed E-state index contributed by atoms with van der Waals surface area (Å²) in [4.78, 5) is 21.6. The number of hydrogen-bond donors (Lipinski definition) is 1. The standard InChI is InChI=1S/C8H11NO3.C2H6/c1-4-6(8(11)12-3)5-7(10)9-2;1-2/h4-5H,1H2,2-3H3,(H,9,10);1-2H3/b6-5+;. The summed E-state index contributed by atoms with van der Waals surface area (Å²) in [5.74, 6) is -0.941. The number of amides is 1. The Balaban J connectivity index is 0. The van der Waals surface area contributed by atoms with Gasteiger partial charge >= 0.3 is 5.97 Å². The highest BCUT2D eigenvalue weighted by Crippen LogP contribution is 1.97. The minimum absolute atomic E-state index is 0.136. The van der Waals surface area contributed by atoms with Crippen LogP contribution >= 0.6 is 0 Å². The molecule has 4 heteroatoms. The van der Waals surface area contributed by atoms with Crippen molar-refractivity contribution in [2.75, 3.05) is 14.2 Å². The van der Waals surface area contributed by atoms with Crippen molar-refractivity contribution in [3.8, 4) is 0 Å². The molecule has 0 aliphatic rings. The van der Waals surface area contributed by atoms with E-state index in [1.54, 1.807) is 0 Å². The summed E-state index contributed by atoms with van der Waals surface area (Å²) in [6.45, 7) is 7.37. The molecule has 0 fully saturated rings. The predicted molar refractivity (Wildman–Crippen MR) is 55.7 cm³/mol. The first-order valence-corrected chi connectivity index (χ1v) is 4.29. The summed E-state index contributed by atoms with van der Waals surface area (Å²) in [6.07, 6.45) is 2.39. The lowest BCUT2D eigenvalue weighted by Gasteiger charge is -1.98. The van der Waals surface area contributed by atoms with E-state index in [-0.39, 0.29) is 11.5 Å². The minimum atomic E-state index is -0.575. The van der Waals surface area contributed by atoms with E-state index in [0.29, 0.717) is 0 Å². The van der Waals surface area contributed by atoms with Crippen molar-refractivity contribution in [2.24, 2.45) is 0 Å². The number of ether oxygens (including phenoxy) is 1. The molecule has 0 rings (SSSR count). The average molecular weight is 199 g/mol. The van der Waals surface area contributed by atoms with E-state index >= 15 is 0 Å². The summed E-state index contributed by atoms with van der Waals surface area (Å²) in [5.41, 5.74) is 0.136. The molecule has 0 aliphatic heterocycles. The fourth-order valence-electron chi connectivity index (χ4n) is 0.532. The van der Waals surface area contributed by atoms with Gasteiger partial charge in [0, 0.05) is 13.1 Å². The Morgan fingerprint density at radius 1 is 1.36 bits per heavy atom. The average Bonchev–Trinajstić information content (AvgIpc) is 2.27. The Morgan fingerprint density at radius 3 is 2.14 bits per heavy atom. The molecule has 0 aromatic carbocycles. The zero-order valence-corrected chi connectivity index (χ0v) is 9.09. The maximum Gasteiger partial charge on any atom is 0.338 e. The van der Waals surface area contributed by atoms with Crippen LogP contribution in [0.3, 0.4) is 0 Å². The molecule has 0 atom stereocenters. The molecular weight excluding hydrogens is 182 g/mol. The first kappa shape index (κ1) is 14.9. The molecule has 0 saturated carbocycles. The van der Waals surface area contributed by atoms with Crippen molar-refractivity contribution >= 4 is 11.9 Å². The van der Waals surface area contributed by atoms with Crippen molar-refractivity contribution in [2.45, 2.75) is 13.8 Å². The smallest absolute Gasteiger partial charge is 0.338 e. The van der Waals surface area contributed by atoms with Crippen LogP contribution in [-0.2, 0) is 14.3 Å². The number of nitrogens with one attached hydrogen (secondary N) is 1. The zero-order valence-electron chi connectivity index (χ0n) is 9.09. The van der Waals surface area contributed by atoms with Crippen LogP contribution in [0.15, 0.2) is 24.3 Å². The van der Waals surface area contributed by atoms with Gasteiger partial charge in [-0.05, 0) is 0 Å². The quantitative estimate of drug-likeness (QED) is 0.420. The van der Waals surface area contributed by atoms with Crippen LogP contribution in [0.2, 0.25) is 0 Å². The van der Waals surface area contributed by atoms with E-state index in [9.17, 15) is 9.59 Å². The summed E-state index contributed by atoms with van der Waals surface area (Å²) in [7, 11) is 2.71. The third-order valence-corrected chi connectivity index (χ3v) is 1.17. The number of hydrogen-bond acceptors (Lipinski definition) is 3. The van der Waals surface area contributed by atoms with E-state index in [1.165, 1.54) is 20.2 Å². The number of methoxy groups -OCH3 is 1. The van der Waals surface area contributed by atoms with Crippen LogP contribution in [-0.4, -0.2) is 26.0 Å². The maximum absolute atomic E-state index is 10.9. The first-order chi connectivity index (χ1) is 6.65. The van der Waals surface area contributed by atoms with Crippen molar-refractivity contribution < 1.29 is 14.3 Å². The van der Waals surface area contributed by atoms with E-state index in [1.807, 2.05) is 13.8 Å². The summed E-state index contributed by atoms with van der Waals surface area (Å²) >= 11 is 0. The van der Waals surface area contributed by atoms with Gasteiger partial charge in [-0.25, -0.2) is 4.79 Å². The highest BCUT2D eigenvalue weighted by atomic mass is 16.5. The Bertz CT molecular complexity index is 232. The van der Waals surface area contributed by atoms with Gasteiger partial charge in [-0.2, -0.15) is 0 Å². The van der Waals surface area contributed by atoms with Gasteiger partial charge in [-0.1, -0.05) is 26.5 Å². The Kier molecular flexibility index (Phi) is 10.1. The fourth-order valence-corrected chi connectivity index (χ4v) is 0.532. The molecule has 0 spiro atoms. The van der Waals surface area contributed by atoms with Gasteiger partial charge in [0.1, 0.15) is 0 Å². The zero-order chi connectivity index (χ0) is 11.6. The summed E-state index contributed by atoms with van der Waals surface area (Å²) in [6, 6.07) is 0. The van der Waals surface area contributed by atoms with E-state index < -0.39 is 5.97 Å². The van der Waals surface area contributed by atoms with Crippen molar-refractivity contribution in [3.05, 3.63) is 24.3 Å². The first-order valence-electron chi connectivity index (χ1n) is 4.29. The van der Waals surface area contributed by atoms with E-state index in [4.69, 9.17) is 0 Å². The third kappa shape index (κ3) is 5.99. The van der Waals surface area contributed by atoms with Gasteiger partial charge in [0.05, 0.1) is 12.7 Å². The number of likely N-dealkylation sites (N-methyl/N-ethyl adjacent to an activating group) is 1. The molecular formula is C10H17NO3. The molecule has 0 aromatic rings. The van der Waals surface area contributed by atoms with Crippen molar-refractivity contribution in [1.82, 2.24) is 5.32 Å². The predicted octanol–water partition coefficient (Wildman–Crippen LogP) is 1.04. The summed E-state index contributed by atoms with van der Waals surface area (Å²) in [5, 5.41) is 2.34. The summed E-state index contributed by atoms with van der Waals surface area (Å²) < 4.78 is 4.39. The normalized spacial score (nSPS) is 9.29. The second-order valence-electron chi connectivity index (χ2n) is 1.91. The molecule has 0 radical (unpaired) electrons. The van der Waals surface area contributed by atoms with Crippen LogP contribution in [0.5, 0.6) is 0 Å². The number of carbonyl (C=O) groups is 2. The van der Waals surface area contributed by atoms with E-state index in [0.717, 1.165) is 6.08 Å². The lowest BCUT2D eigenvalue weighted by molar-refractivity contribution is -0.136. The van der Waals surface area contributed by atoms with Gasteiger partial charge < -0.3 is 10.1 Å². The molecule has 0 unspecified atom stereocenters. The van der Waals surface area contributed by atoms with Crippen molar-refractivity contribution in [1.29, 1.82) is 0 Å². The van der Waals surface area contributed by atoms with Gasteiger partial charge in [0.15, 0.2) is 0 Å². The SMILES string of the molecule is C=C/C(=C\C(=O)NC)C(=O)OC.CC. The van der Waals surface area contributed by atoms with Gasteiger partial charge in [0.25, 0.3) is 0 Å². The third-order valence-electron chi connectivity index (χ3n) is 1.17. The molecule has 0 aliphatic carbocycles. The molecule has 0 aromatic heterocycles. The number of carbonyl (C=O) groups excluding carboxylic acids is 2. The molecule has 80 valence electrons. The van der Waals surface area contributed by atoms with Crippen LogP contribution in [0.1, 0.15) is 13.8 Å². The topological polar surface area (TPSA) is 55.4 Å².